The maximum Gasteiger partial charge on any atom is 0.248 e. The van der Waals surface area contributed by atoms with Crippen molar-refractivity contribution in [3.63, 3.8) is 0 Å². The molecule has 1 rings (SSSR count). The van der Waals surface area contributed by atoms with Gasteiger partial charge in [0, 0.05) is 11.3 Å². The first-order valence-electron chi connectivity index (χ1n) is 4.90. The summed E-state index contributed by atoms with van der Waals surface area (Å²) in [4.78, 5) is 10.9. The average Bonchev–Trinajstić information content (AvgIpc) is 2.25. The van der Waals surface area contributed by atoms with Gasteiger partial charge in [0.05, 0.1) is 0 Å². The van der Waals surface area contributed by atoms with E-state index in [2.05, 4.69) is 0 Å². The SMILES string of the molecule is NCCCSCc1cccc(C(N)=O)c1. The van der Waals surface area contributed by atoms with Crippen LogP contribution in [0.3, 0.4) is 0 Å². The molecule has 4 heteroatoms. The van der Waals surface area contributed by atoms with E-state index in [9.17, 15) is 4.79 Å². The summed E-state index contributed by atoms with van der Waals surface area (Å²) >= 11 is 1.82. The van der Waals surface area contributed by atoms with Crippen molar-refractivity contribution >= 4 is 17.7 Å². The molecule has 82 valence electrons. The predicted octanol–water partition coefficient (Wildman–Crippen LogP) is 1.37. The van der Waals surface area contributed by atoms with Gasteiger partial charge in [0.25, 0.3) is 0 Å². The highest BCUT2D eigenvalue weighted by Crippen LogP contribution is 2.14. The van der Waals surface area contributed by atoms with Gasteiger partial charge in [-0.3, -0.25) is 4.79 Å². The normalized spacial score (nSPS) is 10.2. The molecule has 3 nitrogen and oxygen atoms in total. The van der Waals surface area contributed by atoms with Gasteiger partial charge in [-0.05, 0) is 36.4 Å². The summed E-state index contributed by atoms with van der Waals surface area (Å²) in [6.45, 7) is 0.730. The van der Waals surface area contributed by atoms with Gasteiger partial charge in [-0.15, -0.1) is 0 Å². The zero-order chi connectivity index (χ0) is 11.1. The van der Waals surface area contributed by atoms with Crippen LogP contribution in [0.15, 0.2) is 24.3 Å². The molecule has 0 aliphatic rings. The number of benzene rings is 1. The fraction of sp³-hybridized carbons (Fsp3) is 0.364. The molecule has 0 fully saturated rings. The van der Waals surface area contributed by atoms with E-state index in [1.54, 1.807) is 6.07 Å². The van der Waals surface area contributed by atoms with Gasteiger partial charge in [0.15, 0.2) is 0 Å². The number of thioether (sulfide) groups is 1. The number of rotatable bonds is 6. The summed E-state index contributed by atoms with van der Waals surface area (Å²) in [5.74, 6) is 1.59. The number of primary amides is 1. The topological polar surface area (TPSA) is 69.1 Å². The van der Waals surface area contributed by atoms with Gasteiger partial charge in [0.2, 0.25) is 5.91 Å². The third-order valence-corrected chi connectivity index (χ3v) is 3.09. The number of amides is 1. The zero-order valence-electron chi connectivity index (χ0n) is 8.61. The first-order chi connectivity index (χ1) is 7.24. The maximum atomic E-state index is 10.9. The van der Waals surface area contributed by atoms with Crippen molar-refractivity contribution in [1.29, 1.82) is 0 Å². The van der Waals surface area contributed by atoms with Crippen LogP contribution in [0.5, 0.6) is 0 Å². The van der Waals surface area contributed by atoms with Crippen LogP contribution in [0, 0.1) is 0 Å². The van der Waals surface area contributed by atoms with Crippen LogP contribution in [0.2, 0.25) is 0 Å². The summed E-state index contributed by atoms with van der Waals surface area (Å²) < 4.78 is 0. The third-order valence-electron chi connectivity index (χ3n) is 1.97. The monoisotopic (exact) mass is 224 g/mol. The van der Waals surface area contributed by atoms with Gasteiger partial charge in [-0.2, -0.15) is 11.8 Å². The highest BCUT2D eigenvalue weighted by Gasteiger charge is 2.00. The largest absolute Gasteiger partial charge is 0.366 e. The number of nitrogens with two attached hydrogens (primary N) is 2. The van der Waals surface area contributed by atoms with E-state index in [0.717, 1.165) is 30.0 Å². The zero-order valence-corrected chi connectivity index (χ0v) is 9.43. The number of hydrogen-bond donors (Lipinski definition) is 2. The Balaban J connectivity index is 2.47. The predicted molar refractivity (Wildman–Crippen MR) is 64.8 cm³/mol. The van der Waals surface area contributed by atoms with Crippen molar-refractivity contribution in [3.05, 3.63) is 35.4 Å². The van der Waals surface area contributed by atoms with Crippen LogP contribution in [-0.2, 0) is 5.75 Å². The van der Waals surface area contributed by atoms with Gasteiger partial charge in [-0.25, -0.2) is 0 Å². The molecular formula is C11H16N2OS. The maximum absolute atomic E-state index is 10.9. The fourth-order valence-electron chi connectivity index (χ4n) is 1.19. The Bertz CT molecular complexity index is 328. The quantitative estimate of drug-likeness (QED) is 0.717. The summed E-state index contributed by atoms with van der Waals surface area (Å²) in [6, 6.07) is 7.44. The van der Waals surface area contributed by atoms with Gasteiger partial charge < -0.3 is 11.5 Å². The van der Waals surface area contributed by atoms with Crippen molar-refractivity contribution < 1.29 is 4.79 Å². The summed E-state index contributed by atoms with van der Waals surface area (Å²) in [6.07, 6.45) is 1.03. The smallest absolute Gasteiger partial charge is 0.248 e. The van der Waals surface area contributed by atoms with Gasteiger partial charge >= 0.3 is 0 Å². The highest BCUT2D eigenvalue weighted by molar-refractivity contribution is 7.98. The minimum atomic E-state index is -0.371. The van der Waals surface area contributed by atoms with Gasteiger partial charge in [0.1, 0.15) is 0 Å². The molecule has 1 amide bonds. The molecule has 4 N–H and O–H groups in total. The second kappa shape index (κ2) is 6.48. The van der Waals surface area contributed by atoms with Crippen LogP contribution < -0.4 is 11.5 Å². The minimum Gasteiger partial charge on any atom is -0.366 e. The molecule has 0 unspecified atom stereocenters. The first-order valence-corrected chi connectivity index (χ1v) is 6.06. The molecule has 0 aliphatic carbocycles. The van der Waals surface area contributed by atoms with E-state index in [4.69, 9.17) is 11.5 Å². The molecule has 0 atom stereocenters. The van der Waals surface area contributed by atoms with Gasteiger partial charge in [-0.1, -0.05) is 12.1 Å². The standard InChI is InChI=1S/C11H16N2OS/c12-5-2-6-15-8-9-3-1-4-10(7-9)11(13)14/h1,3-4,7H,2,5-6,8,12H2,(H2,13,14). The molecule has 0 aliphatic heterocycles. The molecule has 1 aromatic carbocycles. The lowest BCUT2D eigenvalue weighted by molar-refractivity contribution is 0.1000. The molecule has 0 saturated heterocycles. The van der Waals surface area contributed by atoms with E-state index < -0.39 is 0 Å². The van der Waals surface area contributed by atoms with Crippen LogP contribution >= 0.6 is 11.8 Å². The van der Waals surface area contributed by atoms with Crippen molar-refractivity contribution in [3.8, 4) is 0 Å². The summed E-state index contributed by atoms with van der Waals surface area (Å²) in [5, 5.41) is 0. The van der Waals surface area contributed by atoms with E-state index in [1.807, 2.05) is 30.0 Å². The minimum absolute atomic E-state index is 0.371. The Hall–Kier alpha value is -1.00. The van der Waals surface area contributed by atoms with E-state index in [1.165, 1.54) is 0 Å². The Labute approximate surface area is 94.2 Å². The molecule has 1 aromatic rings. The lowest BCUT2D eigenvalue weighted by Gasteiger charge is -2.02. The highest BCUT2D eigenvalue weighted by atomic mass is 32.2. The summed E-state index contributed by atoms with van der Waals surface area (Å²) in [5.41, 5.74) is 12.3. The third kappa shape index (κ3) is 4.36. The fourth-order valence-corrected chi connectivity index (χ4v) is 2.12. The Morgan fingerprint density at radius 2 is 2.20 bits per heavy atom. The van der Waals surface area contributed by atoms with Crippen LogP contribution in [0.1, 0.15) is 22.3 Å². The Kier molecular flexibility index (Phi) is 5.21. The molecule has 0 aromatic heterocycles. The van der Waals surface area contributed by atoms with E-state index >= 15 is 0 Å². The second-order valence-corrected chi connectivity index (χ2v) is 4.36. The number of carbonyl (C=O) groups excluding carboxylic acids is 1. The first kappa shape index (κ1) is 12.1. The van der Waals surface area contributed by atoms with Crippen LogP contribution in [0.25, 0.3) is 0 Å². The lowest BCUT2D eigenvalue weighted by atomic mass is 10.1. The van der Waals surface area contributed by atoms with E-state index in [-0.39, 0.29) is 5.91 Å². The van der Waals surface area contributed by atoms with E-state index in [0.29, 0.717) is 5.56 Å². The van der Waals surface area contributed by atoms with Crippen molar-refractivity contribution in [2.75, 3.05) is 12.3 Å². The van der Waals surface area contributed by atoms with Crippen molar-refractivity contribution in [2.24, 2.45) is 11.5 Å². The van der Waals surface area contributed by atoms with Crippen LogP contribution in [-0.4, -0.2) is 18.2 Å². The van der Waals surface area contributed by atoms with Crippen molar-refractivity contribution in [1.82, 2.24) is 0 Å². The number of hydrogen-bond acceptors (Lipinski definition) is 3. The Morgan fingerprint density at radius 3 is 2.87 bits per heavy atom. The molecule has 0 saturated carbocycles. The number of carbonyl (C=O) groups is 1. The van der Waals surface area contributed by atoms with Crippen molar-refractivity contribution in [2.45, 2.75) is 12.2 Å². The molecule has 0 radical (unpaired) electrons. The lowest BCUT2D eigenvalue weighted by Crippen LogP contribution is -2.10. The average molecular weight is 224 g/mol. The van der Waals surface area contributed by atoms with Crippen LogP contribution in [0.4, 0.5) is 0 Å². The molecule has 15 heavy (non-hydrogen) atoms. The Morgan fingerprint density at radius 1 is 1.40 bits per heavy atom. The second-order valence-electron chi connectivity index (χ2n) is 3.26. The molecule has 0 spiro atoms. The summed E-state index contributed by atoms with van der Waals surface area (Å²) in [7, 11) is 0. The molecule has 0 bridgehead atoms. The molecule has 0 heterocycles. The molecular weight excluding hydrogens is 208 g/mol.